The van der Waals surface area contributed by atoms with E-state index in [0.29, 0.717) is 0 Å². The van der Waals surface area contributed by atoms with Gasteiger partial charge in [0.15, 0.2) is 0 Å². The average Bonchev–Trinajstić information content (AvgIpc) is 2.79. The SMILES string of the molecule is Cc1ccc2c(C)c(C)n(CC(C#N)CN3CCOCC3)c2c1. The van der Waals surface area contributed by atoms with Crippen LogP contribution in [0.2, 0.25) is 0 Å². The summed E-state index contributed by atoms with van der Waals surface area (Å²) < 4.78 is 7.72. The molecule has 1 aliphatic heterocycles. The lowest BCUT2D eigenvalue weighted by Gasteiger charge is -2.28. The van der Waals surface area contributed by atoms with Gasteiger partial charge in [-0.05, 0) is 38.0 Å². The van der Waals surface area contributed by atoms with Crippen LogP contribution in [-0.4, -0.2) is 42.3 Å². The second kappa shape index (κ2) is 6.74. The number of aryl methyl sites for hydroxylation is 2. The van der Waals surface area contributed by atoms with Crippen LogP contribution in [0, 0.1) is 38.0 Å². The molecule has 1 unspecified atom stereocenters. The molecule has 0 amide bonds. The molecule has 1 atom stereocenters. The third-order valence-corrected chi connectivity index (χ3v) is 4.96. The summed E-state index contributed by atoms with van der Waals surface area (Å²) in [6.45, 7) is 11.5. The summed E-state index contributed by atoms with van der Waals surface area (Å²) >= 11 is 0. The zero-order valence-corrected chi connectivity index (χ0v) is 14.3. The number of hydrogen-bond acceptors (Lipinski definition) is 3. The van der Waals surface area contributed by atoms with Gasteiger partial charge in [-0.15, -0.1) is 0 Å². The molecule has 0 aliphatic carbocycles. The van der Waals surface area contributed by atoms with Gasteiger partial charge in [-0.25, -0.2) is 0 Å². The van der Waals surface area contributed by atoms with Crippen LogP contribution in [0.15, 0.2) is 18.2 Å². The molecule has 0 spiro atoms. The van der Waals surface area contributed by atoms with E-state index in [0.717, 1.165) is 39.4 Å². The van der Waals surface area contributed by atoms with Crippen LogP contribution in [0.4, 0.5) is 0 Å². The Morgan fingerprint density at radius 2 is 1.91 bits per heavy atom. The first-order valence-electron chi connectivity index (χ1n) is 8.36. The molecule has 1 aliphatic rings. The minimum absolute atomic E-state index is 0.00214. The Kier molecular flexibility index (Phi) is 4.70. The summed E-state index contributed by atoms with van der Waals surface area (Å²) in [4.78, 5) is 2.34. The number of nitrogens with zero attached hydrogens (tertiary/aromatic N) is 3. The van der Waals surface area contributed by atoms with Crippen molar-refractivity contribution in [2.75, 3.05) is 32.8 Å². The summed E-state index contributed by atoms with van der Waals surface area (Å²) in [6.07, 6.45) is 0. The van der Waals surface area contributed by atoms with Crippen LogP contribution < -0.4 is 0 Å². The maximum atomic E-state index is 9.62. The number of fused-ring (bicyclic) bond motifs is 1. The van der Waals surface area contributed by atoms with E-state index < -0.39 is 0 Å². The highest BCUT2D eigenvalue weighted by atomic mass is 16.5. The Morgan fingerprint density at radius 1 is 1.17 bits per heavy atom. The highest BCUT2D eigenvalue weighted by molar-refractivity contribution is 5.85. The molecule has 0 radical (unpaired) electrons. The first kappa shape index (κ1) is 16.0. The standard InChI is InChI=1S/C19H25N3O/c1-14-4-5-18-15(2)16(3)22(19(18)10-14)13-17(11-20)12-21-6-8-23-9-7-21/h4-5,10,17H,6-9,12-13H2,1-3H3. The van der Waals surface area contributed by atoms with Crippen molar-refractivity contribution in [3.63, 3.8) is 0 Å². The van der Waals surface area contributed by atoms with Crippen LogP contribution in [-0.2, 0) is 11.3 Å². The second-order valence-corrected chi connectivity index (χ2v) is 6.58. The first-order chi connectivity index (χ1) is 11.1. The summed E-state index contributed by atoms with van der Waals surface area (Å²) in [5.74, 6) is 0.00214. The molecule has 1 saturated heterocycles. The average molecular weight is 311 g/mol. The highest BCUT2D eigenvalue weighted by Gasteiger charge is 2.19. The zero-order chi connectivity index (χ0) is 16.4. The molecule has 1 aromatic carbocycles. The molecule has 2 aromatic rings. The van der Waals surface area contributed by atoms with Gasteiger partial charge < -0.3 is 9.30 Å². The van der Waals surface area contributed by atoms with E-state index in [2.05, 4.69) is 54.5 Å². The van der Waals surface area contributed by atoms with Gasteiger partial charge in [0.25, 0.3) is 0 Å². The maximum absolute atomic E-state index is 9.62. The van der Waals surface area contributed by atoms with Crippen molar-refractivity contribution < 1.29 is 4.74 Å². The van der Waals surface area contributed by atoms with Gasteiger partial charge in [0.1, 0.15) is 0 Å². The smallest absolute Gasteiger partial charge is 0.0769 e. The third kappa shape index (κ3) is 3.26. The second-order valence-electron chi connectivity index (χ2n) is 6.58. The molecule has 0 N–H and O–H groups in total. The lowest BCUT2D eigenvalue weighted by atomic mass is 10.1. The third-order valence-electron chi connectivity index (χ3n) is 4.96. The predicted octanol–water partition coefficient (Wildman–Crippen LogP) is 3.04. The summed E-state index contributed by atoms with van der Waals surface area (Å²) in [5.41, 5.74) is 5.11. The predicted molar refractivity (Wildman–Crippen MR) is 92.5 cm³/mol. The monoisotopic (exact) mass is 311 g/mol. The fourth-order valence-corrected chi connectivity index (χ4v) is 3.45. The molecule has 2 heterocycles. The van der Waals surface area contributed by atoms with Crippen molar-refractivity contribution in [3.05, 3.63) is 35.0 Å². The molecular formula is C19H25N3O. The van der Waals surface area contributed by atoms with Gasteiger partial charge in [-0.3, -0.25) is 4.90 Å². The van der Waals surface area contributed by atoms with E-state index in [1.54, 1.807) is 0 Å². The van der Waals surface area contributed by atoms with Crippen molar-refractivity contribution in [2.45, 2.75) is 27.3 Å². The van der Waals surface area contributed by atoms with E-state index >= 15 is 0 Å². The normalized spacial score (nSPS) is 17.3. The van der Waals surface area contributed by atoms with Crippen molar-refractivity contribution in [1.29, 1.82) is 5.26 Å². The number of ether oxygens (including phenoxy) is 1. The number of rotatable bonds is 4. The highest BCUT2D eigenvalue weighted by Crippen LogP contribution is 2.27. The minimum Gasteiger partial charge on any atom is -0.379 e. The summed E-state index contributed by atoms with van der Waals surface area (Å²) in [7, 11) is 0. The van der Waals surface area contributed by atoms with Gasteiger partial charge in [0.05, 0.1) is 25.2 Å². The zero-order valence-electron chi connectivity index (χ0n) is 14.3. The lowest BCUT2D eigenvalue weighted by molar-refractivity contribution is 0.0329. The van der Waals surface area contributed by atoms with Gasteiger partial charge in [0, 0.05) is 42.8 Å². The topological polar surface area (TPSA) is 41.2 Å². The molecule has 4 heteroatoms. The molecule has 1 aromatic heterocycles. The Bertz CT molecular complexity index is 735. The fourth-order valence-electron chi connectivity index (χ4n) is 3.45. The number of aromatic nitrogens is 1. The molecule has 1 fully saturated rings. The molecule has 23 heavy (non-hydrogen) atoms. The maximum Gasteiger partial charge on any atom is 0.0769 e. The summed E-state index contributed by atoms with van der Waals surface area (Å²) in [5, 5.41) is 10.9. The molecular weight excluding hydrogens is 286 g/mol. The van der Waals surface area contributed by atoms with E-state index in [-0.39, 0.29) is 5.92 Å². The molecule has 3 rings (SSSR count). The molecule has 4 nitrogen and oxygen atoms in total. The van der Waals surface area contributed by atoms with Gasteiger partial charge >= 0.3 is 0 Å². The Balaban J connectivity index is 1.85. The minimum atomic E-state index is 0.00214. The van der Waals surface area contributed by atoms with Crippen LogP contribution in [0.3, 0.4) is 0 Å². The van der Waals surface area contributed by atoms with E-state index in [4.69, 9.17) is 4.74 Å². The van der Waals surface area contributed by atoms with Crippen molar-refractivity contribution in [1.82, 2.24) is 9.47 Å². The van der Waals surface area contributed by atoms with Crippen molar-refractivity contribution in [2.24, 2.45) is 5.92 Å². The van der Waals surface area contributed by atoms with Crippen LogP contribution in [0.1, 0.15) is 16.8 Å². The van der Waals surface area contributed by atoms with E-state index in [1.165, 1.54) is 27.7 Å². The largest absolute Gasteiger partial charge is 0.379 e. The van der Waals surface area contributed by atoms with Crippen LogP contribution in [0.5, 0.6) is 0 Å². The first-order valence-corrected chi connectivity index (χ1v) is 8.36. The van der Waals surface area contributed by atoms with Crippen molar-refractivity contribution in [3.8, 4) is 6.07 Å². The van der Waals surface area contributed by atoms with E-state index in [1.807, 2.05) is 0 Å². The van der Waals surface area contributed by atoms with E-state index in [9.17, 15) is 5.26 Å². The molecule has 0 bridgehead atoms. The fraction of sp³-hybridized carbons (Fsp3) is 0.526. The Labute approximate surface area is 138 Å². The van der Waals surface area contributed by atoms with Crippen LogP contribution in [0.25, 0.3) is 10.9 Å². The van der Waals surface area contributed by atoms with Crippen LogP contribution >= 0.6 is 0 Å². The Hall–Kier alpha value is -1.83. The summed E-state index contributed by atoms with van der Waals surface area (Å²) in [6, 6.07) is 9.11. The number of morpholine rings is 1. The van der Waals surface area contributed by atoms with Gasteiger partial charge in [-0.1, -0.05) is 12.1 Å². The quantitative estimate of drug-likeness (QED) is 0.871. The number of benzene rings is 1. The van der Waals surface area contributed by atoms with Gasteiger partial charge in [-0.2, -0.15) is 5.26 Å². The number of hydrogen-bond donors (Lipinski definition) is 0. The lowest BCUT2D eigenvalue weighted by Crippen LogP contribution is -2.39. The van der Waals surface area contributed by atoms with Crippen molar-refractivity contribution >= 4 is 10.9 Å². The number of nitriles is 1. The molecule has 122 valence electrons. The molecule has 0 saturated carbocycles. The Morgan fingerprint density at radius 3 is 2.61 bits per heavy atom. The van der Waals surface area contributed by atoms with Gasteiger partial charge in [0.2, 0.25) is 0 Å².